The highest BCUT2D eigenvalue weighted by atomic mass is 32.2. The van der Waals surface area contributed by atoms with Crippen LogP contribution in [0.1, 0.15) is 10.4 Å². The zero-order valence-corrected chi connectivity index (χ0v) is 14.9. The molecule has 0 saturated heterocycles. The van der Waals surface area contributed by atoms with Crippen LogP contribution >= 0.6 is 0 Å². The number of halogens is 2. The van der Waals surface area contributed by atoms with Crippen molar-refractivity contribution in [3.05, 3.63) is 78.0 Å². The summed E-state index contributed by atoms with van der Waals surface area (Å²) in [6.45, 7) is 0. The number of nitrogens with zero attached hydrogens (tertiary/aromatic N) is 1. The van der Waals surface area contributed by atoms with Gasteiger partial charge in [-0.25, -0.2) is 27.0 Å². The number of benzene rings is 2. The molecule has 0 bridgehead atoms. The van der Waals surface area contributed by atoms with E-state index in [2.05, 4.69) is 15.0 Å². The first-order valence-electron chi connectivity index (χ1n) is 7.79. The summed E-state index contributed by atoms with van der Waals surface area (Å²) in [6, 6.07) is 11.0. The molecule has 0 aliphatic heterocycles. The van der Waals surface area contributed by atoms with Gasteiger partial charge in [0.2, 0.25) is 0 Å². The molecule has 144 valence electrons. The van der Waals surface area contributed by atoms with Crippen molar-refractivity contribution in [2.75, 3.05) is 10.0 Å². The van der Waals surface area contributed by atoms with Gasteiger partial charge in [0.15, 0.2) is 11.6 Å². The first kappa shape index (κ1) is 19.2. The van der Waals surface area contributed by atoms with Crippen molar-refractivity contribution in [3.8, 4) is 0 Å². The van der Waals surface area contributed by atoms with Crippen LogP contribution in [0.5, 0.6) is 0 Å². The van der Waals surface area contributed by atoms with Gasteiger partial charge in [-0.1, -0.05) is 0 Å². The molecule has 3 N–H and O–H groups in total. The maximum atomic E-state index is 13.3. The van der Waals surface area contributed by atoms with E-state index in [1.54, 1.807) is 0 Å². The zero-order chi connectivity index (χ0) is 20.3. The van der Waals surface area contributed by atoms with E-state index in [0.29, 0.717) is 11.8 Å². The molecule has 0 saturated carbocycles. The Morgan fingerprint density at radius 2 is 1.64 bits per heavy atom. The summed E-state index contributed by atoms with van der Waals surface area (Å²) in [7, 11) is -4.11. The highest BCUT2D eigenvalue weighted by Gasteiger charge is 2.17. The van der Waals surface area contributed by atoms with E-state index in [4.69, 9.17) is 5.11 Å². The Morgan fingerprint density at radius 1 is 0.964 bits per heavy atom. The van der Waals surface area contributed by atoms with Crippen LogP contribution in [0.3, 0.4) is 0 Å². The molecular formula is C18H13F2N3O4S. The molecule has 1 heterocycles. The van der Waals surface area contributed by atoms with Crippen molar-refractivity contribution in [2.24, 2.45) is 0 Å². The zero-order valence-electron chi connectivity index (χ0n) is 14.1. The summed E-state index contributed by atoms with van der Waals surface area (Å²) in [5.74, 6) is -3.44. The predicted molar refractivity (Wildman–Crippen MR) is 98.1 cm³/mol. The largest absolute Gasteiger partial charge is 0.478 e. The molecule has 0 unspecified atom stereocenters. The van der Waals surface area contributed by atoms with Gasteiger partial charge in [-0.2, -0.15) is 0 Å². The number of nitrogens with one attached hydrogen (secondary N) is 2. The molecule has 0 spiro atoms. The minimum absolute atomic E-state index is 0.0226. The Morgan fingerprint density at radius 3 is 2.29 bits per heavy atom. The molecule has 0 aliphatic rings. The Hall–Kier alpha value is -3.53. The fraction of sp³-hybridized carbons (Fsp3) is 0. The third-order valence-electron chi connectivity index (χ3n) is 3.64. The van der Waals surface area contributed by atoms with Crippen molar-refractivity contribution in [2.45, 2.75) is 4.90 Å². The number of carboxylic acids is 1. The fourth-order valence-corrected chi connectivity index (χ4v) is 3.36. The van der Waals surface area contributed by atoms with Crippen molar-refractivity contribution < 1.29 is 27.1 Å². The number of rotatable bonds is 6. The third kappa shape index (κ3) is 4.23. The lowest BCUT2D eigenvalue weighted by atomic mass is 10.2. The third-order valence-corrected chi connectivity index (χ3v) is 5.02. The summed E-state index contributed by atoms with van der Waals surface area (Å²) in [5, 5.41) is 12.0. The molecule has 0 atom stereocenters. The molecular weight excluding hydrogens is 392 g/mol. The van der Waals surface area contributed by atoms with Gasteiger partial charge in [-0.3, -0.25) is 4.72 Å². The molecule has 0 amide bonds. The summed E-state index contributed by atoms with van der Waals surface area (Å²) < 4.78 is 53.0. The summed E-state index contributed by atoms with van der Waals surface area (Å²) in [6.07, 6.45) is 1.43. The highest BCUT2D eigenvalue weighted by Crippen LogP contribution is 2.22. The standard InChI is InChI=1S/C18H13F2N3O4S/c19-15-8-7-13(10-16(15)20)28(26,27)23-12-5-3-11(4-6-12)22-17-14(18(24)25)2-1-9-21-17/h1-10,23H,(H,21,22)(H,24,25). The number of aromatic carboxylic acids is 1. The van der Waals surface area contributed by atoms with E-state index in [-0.39, 0.29) is 17.1 Å². The number of carbonyl (C=O) groups is 1. The summed E-state index contributed by atoms with van der Waals surface area (Å²) in [5.41, 5.74) is 0.623. The SMILES string of the molecule is O=C(O)c1cccnc1Nc1ccc(NS(=O)(=O)c2ccc(F)c(F)c2)cc1. The predicted octanol–water partition coefficient (Wildman–Crippen LogP) is 3.60. The van der Waals surface area contributed by atoms with Gasteiger partial charge in [0.1, 0.15) is 11.4 Å². The number of pyridine rings is 1. The first-order chi connectivity index (χ1) is 13.3. The summed E-state index contributed by atoms with van der Waals surface area (Å²) in [4.78, 5) is 14.7. The van der Waals surface area contributed by atoms with Gasteiger partial charge < -0.3 is 10.4 Å². The maximum absolute atomic E-state index is 13.3. The topological polar surface area (TPSA) is 108 Å². The molecule has 0 aliphatic carbocycles. The lowest BCUT2D eigenvalue weighted by Gasteiger charge is -2.11. The molecule has 0 fully saturated rings. The average molecular weight is 405 g/mol. The maximum Gasteiger partial charge on any atom is 0.339 e. The number of aromatic nitrogens is 1. The fourth-order valence-electron chi connectivity index (χ4n) is 2.29. The molecule has 28 heavy (non-hydrogen) atoms. The molecule has 2 aromatic carbocycles. The Balaban J connectivity index is 1.78. The highest BCUT2D eigenvalue weighted by molar-refractivity contribution is 7.92. The van der Waals surface area contributed by atoms with E-state index in [0.717, 1.165) is 12.1 Å². The molecule has 3 rings (SSSR count). The van der Waals surface area contributed by atoms with Gasteiger partial charge in [0, 0.05) is 17.6 Å². The molecule has 7 nitrogen and oxygen atoms in total. The van der Waals surface area contributed by atoms with E-state index in [1.807, 2.05) is 0 Å². The van der Waals surface area contributed by atoms with Crippen LogP contribution in [-0.2, 0) is 10.0 Å². The minimum Gasteiger partial charge on any atom is -0.478 e. The van der Waals surface area contributed by atoms with Gasteiger partial charge in [0.05, 0.1) is 4.90 Å². The monoisotopic (exact) mass is 405 g/mol. The first-order valence-corrected chi connectivity index (χ1v) is 9.28. The van der Waals surface area contributed by atoms with Crippen LogP contribution in [0.15, 0.2) is 65.7 Å². The average Bonchev–Trinajstić information content (AvgIpc) is 2.65. The summed E-state index contributed by atoms with van der Waals surface area (Å²) >= 11 is 0. The molecule has 10 heteroatoms. The van der Waals surface area contributed by atoms with Crippen molar-refractivity contribution in [3.63, 3.8) is 0 Å². The number of hydrogen-bond acceptors (Lipinski definition) is 5. The lowest BCUT2D eigenvalue weighted by molar-refractivity contribution is 0.0697. The van der Waals surface area contributed by atoms with E-state index in [1.165, 1.54) is 42.6 Å². The van der Waals surface area contributed by atoms with Crippen molar-refractivity contribution in [1.82, 2.24) is 4.98 Å². The van der Waals surface area contributed by atoms with Crippen LogP contribution in [0, 0.1) is 11.6 Å². The van der Waals surface area contributed by atoms with Gasteiger partial charge in [-0.05, 0) is 54.6 Å². The second-order valence-electron chi connectivity index (χ2n) is 5.59. The second kappa shape index (κ2) is 7.61. The van der Waals surface area contributed by atoms with E-state index < -0.39 is 32.5 Å². The normalized spacial score (nSPS) is 11.1. The van der Waals surface area contributed by atoms with Crippen LogP contribution < -0.4 is 10.0 Å². The quantitative estimate of drug-likeness (QED) is 0.578. The van der Waals surface area contributed by atoms with Gasteiger partial charge in [-0.15, -0.1) is 0 Å². The van der Waals surface area contributed by atoms with Gasteiger partial charge in [0.25, 0.3) is 10.0 Å². The number of anilines is 3. The van der Waals surface area contributed by atoms with Crippen LogP contribution in [0.2, 0.25) is 0 Å². The number of carboxylic acid groups (broad SMARTS) is 1. The Kier molecular flexibility index (Phi) is 5.23. The van der Waals surface area contributed by atoms with Crippen LogP contribution in [0.4, 0.5) is 26.0 Å². The van der Waals surface area contributed by atoms with Gasteiger partial charge >= 0.3 is 5.97 Å². The van der Waals surface area contributed by atoms with Crippen LogP contribution in [0.25, 0.3) is 0 Å². The van der Waals surface area contributed by atoms with E-state index in [9.17, 15) is 22.0 Å². The van der Waals surface area contributed by atoms with Crippen molar-refractivity contribution >= 4 is 33.2 Å². The van der Waals surface area contributed by atoms with Crippen molar-refractivity contribution in [1.29, 1.82) is 0 Å². The number of hydrogen-bond donors (Lipinski definition) is 3. The number of sulfonamides is 1. The molecule has 1 aromatic heterocycles. The minimum atomic E-state index is -4.11. The van der Waals surface area contributed by atoms with E-state index >= 15 is 0 Å². The Bertz CT molecular complexity index is 1140. The smallest absolute Gasteiger partial charge is 0.339 e. The van der Waals surface area contributed by atoms with Crippen LogP contribution in [-0.4, -0.2) is 24.5 Å². The molecule has 0 radical (unpaired) electrons. The lowest BCUT2D eigenvalue weighted by Crippen LogP contribution is -2.13. The Labute approximate surface area is 158 Å². The second-order valence-corrected chi connectivity index (χ2v) is 7.27. The molecule has 3 aromatic rings.